The normalized spacial score (nSPS) is 11.6. The zero-order valence-corrected chi connectivity index (χ0v) is 14.6. The lowest BCUT2D eigenvalue weighted by atomic mass is 10.2. The summed E-state index contributed by atoms with van der Waals surface area (Å²) in [4.78, 5) is 2.34. The van der Waals surface area contributed by atoms with Gasteiger partial charge in [0.15, 0.2) is 0 Å². The highest BCUT2D eigenvalue weighted by Gasteiger charge is 2.06. The van der Waals surface area contributed by atoms with Gasteiger partial charge in [0.1, 0.15) is 0 Å². The number of rotatable bonds is 7. The van der Waals surface area contributed by atoms with Crippen molar-refractivity contribution < 1.29 is 8.42 Å². The van der Waals surface area contributed by atoms with Gasteiger partial charge in [-0.25, -0.2) is 13.6 Å². The summed E-state index contributed by atoms with van der Waals surface area (Å²) in [6, 6.07) is 14.2. The average Bonchev–Trinajstić information content (AvgIpc) is 2.57. The van der Waals surface area contributed by atoms with E-state index in [2.05, 4.69) is 41.4 Å². The van der Waals surface area contributed by atoms with Crippen molar-refractivity contribution in [1.82, 2.24) is 0 Å². The van der Waals surface area contributed by atoms with Crippen LogP contribution in [0.4, 0.5) is 11.4 Å². The second-order valence-corrected chi connectivity index (χ2v) is 6.76. The van der Waals surface area contributed by atoms with Gasteiger partial charge >= 0.3 is 0 Å². The van der Waals surface area contributed by atoms with Crippen molar-refractivity contribution in [1.29, 1.82) is 0 Å². The first-order valence-electron chi connectivity index (χ1n) is 7.71. The van der Waals surface area contributed by atoms with Crippen LogP contribution in [-0.4, -0.2) is 27.7 Å². The molecule has 2 aromatic carbocycles. The standard InChI is InChI=1S/C17H22N4O2S/c1-3-21(4-2)16-9-5-14(6-10-16)13-19-20-15-7-11-17(12-8-15)24(18,22)23/h5-13,20H,3-4H2,1-2H3,(H2,18,22,23). The predicted molar refractivity (Wildman–Crippen MR) is 99.0 cm³/mol. The lowest BCUT2D eigenvalue weighted by Gasteiger charge is -2.20. The van der Waals surface area contributed by atoms with Crippen LogP contribution in [-0.2, 0) is 10.0 Å². The average molecular weight is 346 g/mol. The summed E-state index contributed by atoms with van der Waals surface area (Å²) in [6.45, 7) is 6.20. The van der Waals surface area contributed by atoms with E-state index in [0.29, 0.717) is 5.69 Å². The maximum atomic E-state index is 11.2. The molecule has 0 aliphatic heterocycles. The Bertz CT molecular complexity index is 780. The first-order chi connectivity index (χ1) is 11.4. The predicted octanol–water partition coefficient (Wildman–Crippen LogP) is 2.63. The Labute approximate surface area is 143 Å². The van der Waals surface area contributed by atoms with Crippen molar-refractivity contribution in [2.45, 2.75) is 18.7 Å². The lowest BCUT2D eigenvalue weighted by molar-refractivity contribution is 0.598. The maximum Gasteiger partial charge on any atom is 0.238 e. The van der Waals surface area contributed by atoms with E-state index in [4.69, 9.17) is 5.14 Å². The van der Waals surface area contributed by atoms with Crippen molar-refractivity contribution in [3.63, 3.8) is 0 Å². The van der Waals surface area contributed by atoms with Gasteiger partial charge in [0.05, 0.1) is 16.8 Å². The zero-order chi connectivity index (χ0) is 17.6. The quantitative estimate of drug-likeness (QED) is 0.596. The number of benzene rings is 2. The van der Waals surface area contributed by atoms with Gasteiger partial charge < -0.3 is 4.90 Å². The van der Waals surface area contributed by atoms with Gasteiger partial charge in [-0.15, -0.1) is 0 Å². The fourth-order valence-corrected chi connectivity index (χ4v) is 2.78. The molecule has 0 atom stereocenters. The number of anilines is 2. The summed E-state index contributed by atoms with van der Waals surface area (Å²) in [5.41, 5.74) is 5.69. The molecule has 0 aliphatic rings. The molecule has 0 fully saturated rings. The molecular weight excluding hydrogens is 324 g/mol. The lowest BCUT2D eigenvalue weighted by Crippen LogP contribution is -2.21. The van der Waals surface area contributed by atoms with Gasteiger partial charge in [-0.2, -0.15) is 5.10 Å². The molecule has 0 saturated heterocycles. The molecule has 0 unspecified atom stereocenters. The summed E-state index contributed by atoms with van der Waals surface area (Å²) < 4.78 is 22.4. The number of primary sulfonamides is 1. The van der Waals surface area contributed by atoms with Gasteiger partial charge in [-0.1, -0.05) is 12.1 Å². The molecule has 0 aromatic heterocycles. The third-order valence-electron chi connectivity index (χ3n) is 3.61. The molecular formula is C17H22N4O2S. The second kappa shape index (κ2) is 7.94. The van der Waals surface area contributed by atoms with Gasteiger partial charge in [0.2, 0.25) is 10.0 Å². The number of nitrogens with two attached hydrogens (primary N) is 1. The molecule has 0 bridgehead atoms. The molecule has 0 radical (unpaired) electrons. The second-order valence-electron chi connectivity index (χ2n) is 5.20. The van der Waals surface area contributed by atoms with Gasteiger partial charge in [0, 0.05) is 18.8 Å². The molecule has 2 rings (SSSR count). The van der Waals surface area contributed by atoms with Gasteiger partial charge in [-0.05, 0) is 55.8 Å². The minimum Gasteiger partial charge on any atom is -0.372 e. The van der Waals surface area contributed by atoms with E-state index < -0.39 is 10.0 Å². The van der Waals surface area contributed by atoms with Crippen LogP contribution >= 0.6 is 0 Å². The van der Waals surface area contributed by atoms with Crippen LogP contribution in [0.5, 0.6) is 0 Å². The Balaban J connectivity index is 1.99. The first kappa shape index (κ1) is 18.0. The molecule has 0 saturated carbocycles. The summed E-state index contributed by atoms with van der Waals surface area (Å²) in [5, 5.41) is 9.20. The fourth-order valence-electron chi connectivity index (χ4n) is 2.26. The van der Waals surface area contributed by atoms with E-state index in [9.17, 15) is 8.42 Å². The molecule has 0 spiro atoms. The van der Waals surface area contributed by atoms with Crippen LogP contribution in [0.3, 0.4) is 0 Å². The Morgan fingerprint density at radius 3 is 2.12 bits per heavy atom. The largest absolute Gasteiger partial charge is 0.372 e. The van der Waals surface area contributed by atoms with Crippen molar-refractivity contribution in [3.8, 4) is 0 Å². The molecule has 0 heterocycles. The van der Waals surface area contributed by atoms with Gasteiger partial charge in [0.25, 0.3) is 0 Å². The van der Waals surface area contributed by atoms with E-state index >= 15 is 0 Å². The van der Waals surface area contributed by atoms with Crippen LogP contribution in [0, 0.1) is 0 Å². The molecule has 3 N–H and O–H groups in total. The Morgan fingerprint density at radius 1 is 1.04 bits per heavy atom. The molecule has 6 nitrogen and oxygen atoms in total. The van der Waals surface area contributed by atoms with E-state index in [1.54, 1.807) is 18.3 Å². The highest BCUT2D eigenvalue weighted by Crippen LogP contribution is 2.15. The van der Waals surface area contributed by atoms with Crippen molar-refractivity contribution >= 4 is 27.6 Å². The molecule has 7 heteroatoms. The molecule has 24 heavy (non-hydrogen) atoms. The summed E-state index contributed by atoms with van der Waals surface area (Å²) in [5.74, 6) is 0. The fraction of sp³-hybridized carbons (Fsp3) is 0.235. The highest BCUT2D eigenvalue weighted by molar-refractivity contribution is 7.89. The van der Waals surface area contributed by atoms with Crippen LogP contribution in [0.15, 0.2) is 58.5 Å². The Kier molecular flexibility index (Phi) is 5.94. The minimum atomic E-state index is -3.67. The topological polar surface area (TPSA) is 87.8 Å². The summed E-state index contributed by atoms with van der Waals surface area (Å²) >= 11 is 0. The number of hydrogen-bond donors (Lipinski definition) is 2. The Hall–Kier alpha value is -2.38. The van der Waals surface area contributed by atoms with E-state index in [0.717, 1.165) is 18.7 Å². The number of nitrogens with one attached hydrogen (secondary N) is 1. The van der Waals surface area contributed by atoms with Crippen molar-refractivity contribution in [2.75, 3.05) is 23.4 Å². The van der Waals surface area contributed by atoms with Crippen LogP contribution < -0.4 is 15.5 Å². The van der Waals surface area contributed by atoms with E-state index in [1.165, 1.54) is 17.8 Å². The number of hydrazone groups is 1. The van der Waals surface area contributed by atoms with Crippen molar-refractivity contribution in [3.05, 3.63) is 54.1 Å². The zero-order valence-electron chi connectivity index (χ0n) is 13.8. The maximum absolute atomic E-state index is 11.2. The third-order valence-corrected chi connectivity index (χ3v) is 4.54. The minimum absolute atomic E-state index is 0.0732. The molecule has 128 valence electrons. The molecule has 2 aromatic rings. The summed E-state index contributed by atoms with van der Waals surface area (Å²) in [6.07, 6.45) is 1.71. The first-order valence-corrected chi connectivity index (χ1v) is 9.25. The third kappa shape index (κ3) is 4.81. The number of nitrogens with zero attached hydrogens (tertiary/aromatic N) is 2. The van der Waals surface area contributed by atoms with E-state index in [1.807, 2.05) is 12.1 Å². The number of hydrogen-bond acceptors (Lipinski definition) is 5. The van der Waals surface area contributed by atoms with Crippen LogP contribution in [0.25, 0.3) is 0 Å². The van der Waals surface area contributed by atoms with Gasteiger partial charge in [-0.3, -0.25) is 5.43 Å². The monoisotopic (exact) mass is 346 g/mol. The van der Waals surface area contributed by atoms with Crippen LogP contribution in [0.1, 0.15) is 19.4 Å². The summed E-state index contributed by atoms with van der Waals surface area (Å²) in [7, 11) is -3.67. The highest BCUT2D eigenvalue weighted by atomic mass is 32.2. The molecule has 0 aliphatic carbocycles. The van der Waals surface area contributed by atoms with E-state index in [-0.39, 0.29) is 4.90 Å². The molecule has 0 amide bonds. The smallest absolute Gasteiger partial charge is 0.238 e. The van der Waals surface area contributed by atoms with Crippen LogP contribution in [0.2, 0.25) is 0 Å². The number of sulfonamides is 1. The Morgan fingerprint density at radius 2 is 1.62 bits per heavy atom. The van der Waals surface area contributed by atoms with Crippen molar-refractivity contribution in [2.24, 2.45) is 10.2 Å². The SMILES string of the molecule is CCN(CC)c1ccc(C=NNc2ccc(S(N)(=O)=O)cc2)cc1.